The van der Waals surface area contributed by atoms with Crippen LogP contribution in [0.5, 0.6) is 0 Å². The van der Waals surface area contributed by atoms with Crippen LogP contribution in [0.15, 0.2) is 376 Å². The number of nitrogens with zero attached hydrogens (tertiary/aromatic N) is 3. The van der Waals surface area contributed by atoms with E-state index in [1.54, 1.807) is 0 Å². The molecule has 0 radical (unpaired) electrons. The molecule has 2 aliphatic rings. The highest BCUT2D eigenvalue weighted by molar-refractivity contribution is 7.00. The lowest BCUT2D eigenvalue weighted by Gasteiger charge is -2.46. The van der Waals surface area contributed by atoms with E-state index in [2.05, 4.69) is 390 Å². The molecule has 3 nitrogen and oxygen atoms in total. The first-order valence-electron chi connectivity index (χ1n) is 34.7. The SMILES string of the molecule is c1ccc(-c2ccc3c(c2)B2c4cc(-c5ccccc5)ccc4N(c4c(-c5ccccc5)cccc4-c4ccccc4)c4cc(-n5c6ccccc6c6c7ccccc7c(-c7cc8ccccc8c8ccccc78)cc65)cc(c42)N3c2c(-c3ccccc3)cccc2-c2ccccc2)cc1. The van der Waals surface area contributed by atoms with Crippen molar-refractivity contribution in [1.29, 1.82) is 0 Å². The summed E-state index contributed by atoms with van der Waals surface area (Å²) >= 11 is 0. The van der Waals surface area contributed by atoms with Crippen molar-refractivity contribution in [2.45, 2.75) is 0 Å². The lowest BCUT2D eigenvalue weighted by atomic mass is 9.33. The normalized spacial score (nSPS) is 12.3. The van der Waals surface area contributed by atoms with Crippen LogP contribution in [0.4, 0.5) is 34.1 Å². The van der Waals surface area contributed by atoms with Gasteiger partial charge >= 0.3 is 0 Å². The third kappa shape index (κ3) is 9.08. The maximum absolute atomic E-state index is 2.68. The van der Waals surface area contributed by atoms with E-state index in [0.29, 0.717) is 0 Å². The maximum atomic E-state index is 2.68. The summed E-state index contributed by atoms with van der Waals surface area (Å²) in [6.07, 6.45) is 0. The molecule has 0 atom stereocenters. The Balaban J connectivity index is 0.988. The Bertz CT molecular complexity index is 5910. The predicted molar refractivity (Wildman–Crippen MR) is 425 cm³/mol. The van der Waals surface area contributed by atoms with Gasteiger partial charge in [0.05, 0.1) is 28.1 Å². The Hall–Kier alpha value is -13.0. The van der Waals surface area contributed by atoms with E-state index in [4.69, 9.17) is 0 Å². The number of hydrogen-bond donors (Lipinski definition) is 0. The Morgan fingerprint density at radius 2 is 0.580 bits per heavy atom. The first-order chi connectivity index (χ1) is 49.7. The maximum Gasteiger partial charge on any atom is 0.252 e. The molecule has 1 aromatic heterocycles. The van der Waals surface area contributed by atoms with Gasteiger partial charge in [-0.2, -0.15) is 0 Å². The zero-order chi connectivity index (χ0) is 65.8. The van der Waals surface area contributed by atoms with Gasteiger partial charge in [-0.05, 0) is 147 Å². The molecule has 4 heteroatoms. The van der Waals surface area contributed by atoms with Gasteiger partial charge in [-0.3, -0.25) is 0 Å². The summed E-state index contributed by atoms with van der Waals surface area (Å²) in [5.74, 6) is 0. The minimum Gasteiger partial charge on any atom is -0.310 e. The number of benzene rings is 17. The first-order valence-corrected chi connectivity index (χ1v) is 34.7. The van der Waals surface area contributed by atoms with Gasteiger partial charge in [0, 0.05) is 55.8 Å². The van der Waals surface area contributed by atoms with Gasteiger partial charge in [0.25, 0.3) is 6.71 Å². The van der Waals surface area contributed by atoms with Crippen molar-refractivity contribution in [2.24, 2.45) is 0 Å². The minimum atomic E-state index is -0.258. The number of fused-ring (bicyclic) bond motifs is 12. The Kier molecular flexibility index (Phi) is 13.4. The highest BCUT2D eigenvalue weighted by Crippen LogP contribution is 2.55. The van der Waals surface area contributed by atoms with Gasteiger partial charge in [0.15, 0.2) is 0 Å². The Labute approximate surface area is 581 Å². The van der Waals surface area contributed by atoms with Gasteiger partial charge in [-0.25, -0.2) is 0 Å². The molecule has 0 saturated heterocycles. The predicted octanol–water partition coefficient (Wildman–Crippen LogP) is 24.0. The molecule has 20 rings (SSSR count). The van der Waals surface area contributed by atoms with Gasteiger partial charge < -0.3 is 14.4 Å². The summed E-state index contributed by atoms with van der Waals surface area (Å²) in [5, 5.41) is 9.78. The lowest BCUT2D eigenvalue weighted by molar-refractivity contribution is 1.16. The summed E-state index contributed by atoms with van der Waals surface area (Å²) in [7, 11) is 0. The smallest absolute Gasteiger partial charge is 0.252 e. The number of hydrogen-bond acceptors (Lipinski definition) is 2. The largest absolute Gasteiger partial charge is 0.310 e. The fourth-order valence-electron chi connectivity index (χ4n) is 16.8. The monoisotopic (exact) mass is 1270 g/mol. The van der Waals surface area contributed by atoms with E-state index >= 15 is 0 Å². The van der Waals surface area contributed by atoms with Crippen molar-refractivity contribution < 1.29 is 0 Å². The van der Waals surface area contributed by atoms with Crippen LogP contribution in [0.3, 0.4) is 0 Å². The van der Waals surface area contributed by atoms with Gasteiger partial charge in [0.2, 0.25) is 0 Å². The van der Waals surface area contributed by atoms with E-state index in [1.165, 1.54) is 81.7 Å². The van der Waals surface area contributed by atoms with Crippen molar-refractivity contribution in [2.75, 3.05) is 9.80 Å². The highest BCUT2D eigenvalue weighted by atomic mass is 15.2. The van der Waals surface area contributed by atoms with Crippen LogP contribution in [-0.4, -0.2) is 11.3 Å². The van der Waals surface area contributed by atoms with Gasteiger partial charge in [-0.15, -0.1) is 0 Å². The summed E-state index contributed by atoms with van der Waals surface area (Å²) in [5.41, 5.74) is 29.8. The molecule has 0 amide bonds. The number of anilines is 6. The van der Waals surface area contributed by atoms with Crippen molar-refractivity contribution >= 4 is 111 Å². The van der Waals surface area contributed by atoms with Crippen LogP contribution in [-0.2, 0) is 0 Å². The van der Waals surface area contributed by atoms with Gasteiger partial charge in [-0.1, -0.05) is 334 Å². The van der Waals surface area contributed by atoms with E-state index in [-0.39, 0.29) is 6.71 Å². The first kappa shape index (κ1) is 57.3. The summed E-state index contributed by atoms with van der Waals surface area (Å²) in [4.78, 5) is 5.35. The van der Waals surface area contributed by atoms with Crippen LogP contribution in [0, 0.1) is 0 Å². The third-order valence-electron chi connectivity index (χ3n) is 21.1. The molecule has 0 fully saturated rings. The van der Waals surface area contributed by atoms with E-state index in [1.807, 2.05) is 0 Å². The zero-order valence-corrected chi connectivity index (χ0v) is 54.7. The molecular weight excluding hydrogens is 1210 g/mol. The van der Waals surface area contributed by atoms with Crippen molar-refractivity contribution in [3.05, 3.63) is 376 Å². The van der Waals surface area contributed by atoms with Crippen LogP contribution in [0.2, 0.25) is 0 Å². The molecule has 0 spiro atoms. The average Bonchev–Trinajstić information content (AvgIpc) is 0.996. The fourth-order valence-corrected chi connectivity index (χ4v) is 16.8. The molecule has 0 bridgehead atoms. The van der Waals surface area contributed by atoms with Crippen LogP contribution in [0.25, 0.3) is 138 Å². The minimum absolute atomic E-state index is 0.258. The quantitative estimate of drug-likeness (QED) is 0.0999. The molecule has 0 N–H and O–H groups in total. The molecule has 0 saturated carbocycles. The van der Waals surface area contributed by atoms with Crippen LogP contribution in [0.1, 0.15) is 0 Å². The molecule has 0 aliphatic carbocycles. The number of aromatic nitrogens is 1. The van der Waals surface area contributed by atoms with E-state index < -0.39 is 0 Å². The second-order valence-corrected chi connectivity index (χ2v) is 26.6. The van der Waals surface area contributed by atoms with Crippen LogP contribution < -0.4 is 26.2 Å². The number of para-hydroxylation sites is 3. The fraction of sp³-hybridized carbons (Fsp3) is 0. The summed E-state index contributed by atoms with van der Waals surface area (Å²) in [6, 6.07) is 141. The highest BCUT2D eigenvalue weighted by Gasteiger charge is 2.46. The average molecular weight is 1270 g/mol. The van der Waals surface area contributed by atoms with Crippen molar-refractivity contribution in [3.8, 4) is 83.6 Å². The topological polar surface area (TPSA) is 11.4 Å². The number of rotatable bonds is 10. The zero-order valence-electron chi connectivity index (χ0n) is 54.7. The molecule has 464 valence electrons. The molecule has 2 aliphatic heterocycles. The second kappa shape index (κ2) is 23.4. The van der Waals surface area contributed by atoms with E-state index in [0.717, 1.165) is 106 Å². The molecule has 17 aromatic carbocycles. The van der Waals surface area contributed by atoms with Crippen molar-refractivity contribution in [1.82, 2.24) is 4.57 Å². The third-order valence-corrected chi connectivity index (χ3v) is 21.1. The molecule has 0 unspecified atom stereocenters. The summed E-state index contributed by atoms with van der Waals surface area (Å²) in [6.45, 7) is -0.258. The molecular formula is C96H62BN3. The van der Waals surface area contributed by atoms with Gasteiger partial charge in [0.1, 0.15) is 0 Å². The second-order valence-electron chi connectivity index (χ2n) is 26.6. The summed E-state index contributed by atoms with van der Waals surface area (Å²) < 4.78 is 2.61. The standard InChI is InChI=1S/C96H62BN3/c1-7-29-63(30-8-1)69-53-55-88-85(58-69)97-86-59-70(64-31-9-2-10-32-64)54-56-89(86)100(96-76(67-37-15-5-16-38-67)50-28-51-77(96)68-39-17-6-18-40-68)92-61-72(60-91(94(92)97)99(88)95-74(65-33-11-3-12-34-65)48-27-49-75(95)66-35-13-4-14-36-66)98-87-52-26-25-47-82(87)93-81-46-24-23-45-80(81)84(62-90(93)98)83-57-71-41-19-20-42-73(71)78-43-21-22-44-79(78)83/h1-62H. The van der Waals surface area contributed by atoms with E-state index in [9.17, 15) is 0 Å². The molecule has 3 heterocycles. The Morgan fingerprint density at radius 3 is 1.05 bits per heavy atom. The Morgan fingerprint density at radius 1 is 0.210 bits per heavy atom. The molecule has 18 aromatic rings. The molecule has 100 heavy (non-hydrogen) atoms. The van der Waals surface area contributed by atoms with Crippen molar-refractivity contribution in [3.63, 3.8) is 0 Å². The van der Waals surface area contributed by atoms with Crippen LogP contribution >= 0.6 is 0 Å². The lowest BCUT2D eigenvalue weighted by Crippen LogP contribution is -2.61.